The third-order valence-corrected chi connectivity index (χ3v) is 5.29. The zero-order valence-electron chi connectivity index (χ0n) is 15.2. The van der Waals surface area contributed by atoms with Gasteiger partial charge in [0.05, 0.1) is 27.5 Å². The van der Waals surface area contributed by atoms with Crippen molar-refractivity contribution in [1.29, 1.82) is 0 Å². The molecule has 0 unspecified atom stereocenters. The van der Waals surface area contributed by atoms with Crippen LogP contribution in [0.4, 0.5) is 11.4 Å². The summed E-state index contributed by atoms with van der Waals surface area (Å²) in [6, 6.07) is 8.42. The van der Waals surface area contributed by atoms with E-state index in [9.17, 15) is 9.90 Å². The molecule has 4 N–H and O–H groups in total. The van der Waals surface area contributed by atoms with Crippen molar-refractivity contribution in [2.45, 2.75) is 12.8 Å². The number of rotatable bonds is 5. The van der Waals surface area contributed by atoms with E-state index in [0.717, 1.165) is 31.9 Å². The van der Waals surface area contributed by atoms with Crippen molar-refractivity contribution in [3.8, 4) is 5.75 Å². The van der Waals surface area contributed by atoms with Crippen LogP contribution in [0.25, 0.3) is 28.0 Å². The Hall–Kier alpha value is -2.99. The van der Waals surface area contributed by atoms with Gasteiger partial charge in [0.1, 0.15) is 5.75 Å². The number of benzene rings is 2. The Morgan fingerprint density at radius 2 is 2.00 bits per heavy atom. The molecule has 1 aliphatic heterocycles. The molecule has 0 radical (unpaired) electrons. The number of phenols is 1. The van der Waals surface area contributed by atoms with Crippen molar-refractivity contribution in [2.24, 2.45) is 0 Å². The molecule has 3 aromatic rings. The lowest BCUT2D eigenvalue weighted by Gasteiger charge is -2.18. The van der Waals surface area contributed by atoms with Gasteiger partial charge in [-0.3, -0.25) is 4.79 Å². The highest BCUT2D eigenvalue weighted by atomic mass is 16.3. The second-order valence-electron chi connectivity index (χ2n) is 6.98. The van der Waals surface area contributed by atoms with E-state index in [4.69, 9.17) is 5.73 Å². The number of anilines is 2. The first-order chi connectivity index (χ1) is 13.1. The number of aromatic hydroxyl groups is 1. The Morgan fingerprint density at radius 1 is 1.22 bits per heavy atom. The molecule has 2 heterocycles. The maximum atomic E-state index is 13.2. The Labute approximate surface area is 157 Å². The summed E-state index contributed by atoms with van der Waals surface area (Å²) in [5, 5.41) is 14.2. The highest BCUT2D eigenvalue weighted by molar-refractivity contribution is 6.06. The van der Waals surface area contributed by atoms with E-state index in [-0.39, 0.29) is 11.2 Å². The van der Waals surface area contributed by atoms with Crippen molar-refractivity contribution in [3.63, 3.8) is 0 Å². The normalized spacial score (nSPS) is 14.8. The summed E-state index contributed by atoms with van der Waals surface area (Å²) in [5.74, 6) is 0.0574. The SMILES string of the molecule is C=Cn1c2ccc(O)cc2c(=O)c2c(NCCN3CCCC3)ccc(N)c21. The third kappa shape index (κ3) is 3.02. The zero-order chi connectivity index (χ0) is 19.0. The van der Waals surface area contributed by atoms with Gasteiger partial charge in [0.2, 0.25) is 0 Å². The van der Waals surface area contributed by atoms with Gasteiger partial charge in [0.25, 0.3) is 0 Å². The molecule has 1 aromatic heterocycles. The molecule has 0 atom stereocenters. The quantitative estimate of drug-likeness (QED) is 0.479. The Kier molecular flexibility index (Phi) is 4.49. The van der Waals surface area contributed by atoms with Crippen LogP contribution in [0.5, 0.6) is 5.75 Å². The molecule has 4 rings (SSSR count). The number of nitrogen functional groups attached to an aromatic ring is 1. The lowest BCUT2D eigenvalue weighted by Crippen LogP contribution is -2.26. The number of nitrogens with zero attached hydrogens (tertiary/aromatic N) is 2. The van der Waals surface area contributed by atoms with E-state index in [0.29, 0.717) is 27.5 Å². The Balaban J connectivity index is 1.86. The van der Waals surface area contributed by atoms with E-state index in [1.807, 2.05) is 16.7 Å². The molecule has 1 aliphatic rings. The number of hydrogen-bond acceptors (Lipinski definition) is 5. The van der Waals surface area contributed by atoms with Crippen LogP contribution in [-0.4, -0.2) is 40.8 Å². The van der Waals surface area contributed by atoms with E-state index in [1.54, 1.807) is 18.3 Å². The molecule has 0 saturated carbocycles. The summed E-state index contributed by atoms with van der Waals surface area (Å²) in [6.07, 6.45) is 4.15. The zero-order valence-corrected chi connectivity index (χ0v) is 15.2. The third-order valence-electron chi connectivity index (χ3n) is 5.29. The van der Waals surface area contributed by atoms with Crippen molar-refractivity contribution in [1.82, 2.24) is 9.47 Å². The number of phenolic OH excluding ortho intramolecular Hbond substituents is 1. The number of hydrogen-bond donors (Lipinski definition) is 3. The summed E-state index contributed by atoms with van der Waals surface area (Å²) in [6.45, 7) is 7.85. The monoisotopic (exact) mass is 364 g/mol. The minimum absolute atomic E-state index is 0.0574. The second kappa shape index (κ2) is 6.96. The average Bonchev–Trinajstić information content (AvgIpc) is 3.18. The van der Waals surface area contributed by atoms with Gasteiger partial charge in [-0.1, -0.05) is 6.58 Å². The van der Waals surface area contributed by atoms with Crippen LogP contribution in [0.15, 0.2) is 41.7 Å². The summed E-state index contributed by atoms with van der Waals surface area (Å²) >= 11 is 0. The lowest BCUT2D eigenvalue weighted by molar-refractivity contribution is 0.353. The fourth-order valence-electron chi connectivity index (χ4n) is 3.96. The summed E-state index contributed by atoms with van der Waals surface area (Å²) < 4.78 is 1.81. The number of fused-ring (bicyclic) bond motifs is 2. The smallest absolute Gasteiger partial charge is 0.199 e. The molecule has 0 aliphatic carbocycles. The summed E-state index contributed by atoms with van der Waals surface area (Å²) in [4.78, 5) is 15.7. The molecular weight excluding hydrogens is 340 g/mol. The predicted octanol–water partition coefficient (Wildman–Crippen LogP) is 3.05. The van der Waals surface area contributed by atoms with Crippen molar-refractivity contribution in [3.05, 3.63) is 47.1 Å². The molecular formula is C21H24N4O2. The van der Waals surface area contributed by atoms with Crippen LogP contribution in [0.1, 0.15) is 12.8 Å². The topological polar surface area (TPSA) is 83.5 Å². The van der Waals surface area contributed by atoms with Gasteiger partial charge in [-0.2, -0.15) is 0 Å². The molecule has 1 fully saturated rings. The van der Waals surface area contributed by atoms with Gasteiger partial charge in [-0.25, -0.2) is 0 Å². The number of likely N-dealkylation sites (tertiary alicyclic amines) is 1. The number of pyridine rings is 1. The second-order valence-corrected chi connectivity index (χ2v) is 6.98. The largest absolute Gasteiger partial charge is 0.508 e. The molecule has 6 nitrogen and oxygen atoms in total. The van der Waals surface area contributed by atoms with E-state index in [2.05, 4.69) is 16.8 Å². The Morgan fingerprint density at radius 3 is 2.74 bits per heavy atom. The molecule has 2 aromatic carbocycles. The maximum Gasteiger partial charge on any atom is 0.199 e. The highest BCUT2D eigenvalue weighted by Crippen LogP contribution is 2.30. The molecule has 140 valence electrons. The average molecular weight is 364 g/mol. The first-order valence-corrected chi connectivity index (χ1v) is 9.28. The maximum absolute atomic E-state index is 13.2. The van der Waals surface area contributed by atoms with E-state index in [1.165, 1.54) is 18.9 Å². The van der Waals surface area contributed by atoms with Crippen LogP contribution in [0.2, 0.25) is 0 Å². The standard InChI is InChI=1S/C21H24N4O2/c1-2-25-18-8-5-14(26)13-15(18)21(27)19-17(7-6-16(22)20(19)25)23-9-12-24-10-3-4-11-24/h2,5-8,13,23,26H,1,3-4,9-12,22H2. The molecule has 0 bridgehead atoms. The number of nitrogens with two attached hydrogens (primary N) is 1. The van der Waals surface area contributed by atoms with Crippen LogP contribution in [-0.2, 0) is 0 Å². The molecule has 6 heteroatoms. The Bertz CT molecular complexity index is 1080. The van der Waals surface area contributed by atoms with Gasteiger partial charge < -0.3 is 25.6 Å². The lowest BCUT2D eigenvalue weighted by atomic mass is 10.1. The van der Waals surface area contributed by atoms with Gasteiger partial charge in [-0.05, 0) is 56.3 Å². The van der Waals surface area contributed by atoms with Crippen molar-refractivity contribution in [2.75, 3.05) is 37.2 Å². The fraction of sp³-hybridized carbons (Fsp3) is 0.286. The molecule has 27 heavy (non-hydrogen) atoms. The van der Waals surface area contributed by atoms with Crippen LogP contribution >= 0.6 is 0 Å². The van der Waals surface area contributed by atoms with E-state index >= 15 is 0 Å². The summed E-state index contributed by atoms with van der Waals surface area (Å²) in [5.41, 5.74) is 8.65. The number of aromatic nitrogens is 1. The van der Waals surface area contributed by atoms with Crippen LogP contribution in [0, 0.1) is 0 Å². The van der Waals surface area contributed by atoms with Gasteiger partial charge >= 0.3 is 0 Å². The van der Waals surface area contributed by atoms with Crippen LogP contribution in [0.3, 0.4) is 0 Å². The fourth-order valence-corrected chi connectivity index (χ4v) is 3.96. The molecule has 0 spiro atoms. The minimum Gasteiger partial charge on any atom is -0.508 e. The first kappa shape index (κ1) is 17.4. The predicted molar refractivity (Wildman–Crippen MR) is 112 cm³/mol. The van der Waals surface area contributed by atoms with Crippen LogP contribution < -0.4 is 16.5 Å². The minimum atomic E-state index is -0.148. The molecule has 0 amide bonds. The highest BCUT2D eigenvalue weighted by Gasteiger charge is 2.16. The van der Waals surface area contributed by atoms with Gasteiger partial charge in [-0.15, -0.1) is 0 Å². The van der Waals surface area contributed by atoms with Crippen molar-refractivity contribution < 1.29 is 5.11 Å². The molecule has 1 saturated heterocycles. The van der Waals surface area contributed by atoms with E-state index < -0.39 is 0 Å². The van der Waals surface area contributed by atoms with Gasteiger partial charge in [0.15, 0.2) is 5.43 Å². The number of nitrogens with one attached hydrogen (secondary N) is 1. The summed E-state index contributed by atoms with van der Waals surface area (Å²) in [7, 11) is 0. The van der Waals surface area contributed by atoms with Gasteiger partial charge in [0, 0.05) is 25.0 Å². The first-order valence-electron chi connectivity index (χ1n) is 9.28. The van der Waals surface area contributed by atoms with Crippen molar-refractivity contribution >= 4 is 39.4 Å².